The highest BCUT2D eigenvalue weighted by atomic mass is 35.5. The van der Waals surface area contributed by atoms with Crippen LogP contribution >= 0.6 is 24.8 Å². The van der Waals surface area contributed by atoms with Crippen LogP contribution in [0.5, 0.6) is 0 Å². The molecule has 22 heavy (non-hydrogen) atoms. The van der Waals surface area contributed by atoms with E-state index in [0.717, 1.165) is 35.2 Å². The van der Waals surface area contributed by atoms with Gasteiger partial charge in [0.2, 0.25) is 0 Å². The minimum absolute atomic E-state index is 0. The molecule has 0 spiro atoms. The average Bonchev–Trinajstić information content (AvgIpc) is 2.77. The highest BCUT2D eigenvalue weighted by Crippen LogP contribution is 2.35. The first-order chi connectivity index (χ1) is 9.68. The lowest BCUT2D eigenvalue weighted by molar-refractivity contribution is 0.0186. The number of fused-ring (bicyclic) bond motifs is 1. The number of aromatic nitrogens is 1. The van der Waals surface area contributed by atoms with E-state index >= 15 is 0 Å². The van der Waals surface area contributed by atoms with E-state index in [-0.39, 0.29) is 24.8 Å². The van der Waals surface area contributed by atoms with Crippen LogP contribution < -0.4 is 5.32 Å². The number of piperazine rings is 1. The number of halogens is 4. The fraction of sp³-hybridized carbons (Fsp3) is 0.467. The summed E-state index contributed by atoms with van der Waals surface area (Å²) in [4.78, 5) is 5.12. The van der Waals surface area contributed by atoms with E-state index in [1.165, 1.54) is 0 Å². The molecule has 124 valence electrons. The Morgan fingerprint density at radius 3 is 2.36 bits per heavy atom. The van der Waals surface area contributed by atoms with Gasteiger partial charge in [0.25, 0.3) is 6.43 Å². The number of hydrogen-bond donors (Lipinski definition) is 2. The normalized spacial score (nSPS) is 17.1. The van der Waals surface area contributed by atoms with Gasteiger partial charge in [0, 0.05) is 48.3 Å². The molecule has 0 unspecified atom stereocenters. The third-order valence-corrected chi connectivity index (χ3v) is 4.02. The fourth-order valence-electron chi connectivity index (χ4n) is 3.11. The van der Waals surface area contributed by atoms with Crippen molar-refractivity contribution in [1.29, 1.82) is 0 Å². The third kappa shape index (κ3) is 3.54. The molecule has 2 heterocycles. The Balaban J connectivity index is 0.00000121. The molecule has 1 aromatic carbocycles. The quantitative estimate of drug-likeness (QED) is 0.886. The zero-order valence-corrected chi connectivity index (χ0v) is 13.9. The Labute approximate surface area is 141 Å². The van der Waals surface area contributed by atoms with Crippen molar-refractivity contribution in [2.75, 3.05) is 26.2 Å². The van der Waals surface area contributed by atoms with Crippen molar-refractivity contribution in [3.8, 4) is 0 Å². The topological polar surface area (TPSA) is 31.1 Å². The summed E-state index contributed by atoms with van der Waals surface area (Å²) >= 11 is 0. The maximum Gasteiger partial charge on any atom is 0.258 e. The molecule has 0 saturated carbocycles. The van der Waals surface area contributed by atoms with Crippen LogP contribution in [-0.2, 0) is 0 Å². The molecule has 1 aliphatic rings. The van der Waals surface area contributed by atoms with E-state index in [2.05, 4.69) is 10.3 Å². The summed E-state index contributed by atoms with van der Waals surface area (Å²) in [6.45, 7) is 4.74. The first-order valence-electron chi connectivity index (χ1n) is 6.98. The molecule has 0 amide bonds. The van der Waals surface area contributed by atoms with E-state index in [4.69, 9.17) is 0 Å². The van der Waals surface area contributed by atoms with Crippen LogP contribution in [0, 0.1) is 6.92 Å². The van der Waals surface area contributed by atoms with Crippen molar-refractivity contribution < 1.29 is 8.78 Å². The van der Waals surface area contributed by atoms with Crippen molar-refractivity contribution >= 4 is 35.7 Å². The number of alkyl halides is 2. The number of aromatic amines is 1. The largest absolute Gasteiger partial charge is 0.358 e. The minimum atomic E-state index is -2.38. The lowest BCUT2D eigenvalue weighted by Gasteiger charge is -2.34. The van der Waals surface area contributed by atoms with Gasteiger partial charge in [0.1, 0.15) is 0 Å². The standard InChI is InChI=1S/C15H19F2N3.2ClH/c1-10-13(11-4-2-3-5-12(11)19-10)14(15(16)17)20-8-6-18-7-9-20;;/h2-5,14-15,18-19H,6-9H2,1H3;2*1H/t14-;;/m1../s1. The van der Waals surface area contributed by atoms with E-state index in [9.17, 15) is 8.78 Å². The number of para-hydroxylation sites is 1. The molecule has 1 saturated heterocycles. The molecule has 1 aromatic heterocycles. The number of nitrogens with one attached hydrogen (secondary N) is 2. The summed E-state index contributed by atoms with van der Waals surface area (Å²) in [7, 11) is 0. The van der Waals surface area contributed by atoms with Gasteiger partial charge in [0.15, 0.2) is 0 Å². The number of benzene rings is 1. The van der Waals surface area contributed by atoms with Gasteiger partial charge in [-0.05, 0) is 13.0 Å². The first-order valence-corrected chi connectivity index (χ1v) is 6.98. The number of nitrogens with zero attached hydrogens (tertiary/aromatic N) is 1. The van der Waals surface area contributed by atoms with E-state index < -0.39 is 12.5 Å². The molecule has 0 radical (unpaired) electrons. The van der Waals surface area contributed by atoms with Crippen LogP contribution in [0.3, 0.4) is 0 Å². The van der Waals surface area contributed by atoms with Crippen molar-refractivity contribution in [3.05, 3.63) is 35.5 Å². The molecule has 3 nitrogen and oxygen atoms in total. The van der Waals surface area contributed by atoms with Gasteiger partial charge in [-0.3, -0.25) is 4.90 Å². The highest BCUT2D eigenvalue weighted by molar-refractivity contribution is 5.86. The number of aryl methyl sites for hydroxylation is 1. The van der Waals surface area contributed by atoms with Crippen molar-refractivity contribution in [2.24, 2.45) is 0 Å². The summed E-state index contributed by atoms with van der Waals surface area (Å²) < 4.78 is 27.4. The monoisotopic (exact) mass is 351 g/mol. The van der Waals surface area contributed by atoms with Gasteiger partial charge in [-0.1, -0.05) is 18.2 Å². The zero-order valence-electron chi connectivity index (χ0n) is 12.3. The van der Waals surface area contributed by atoms with Gasteiger partial charge in [-0.15, -0.1) is 24.8 Å². The van der Waals surface area contributed by atoms with Gasteiger partial charge in [0.05, 0.1) is 6.04 Å². The predicted octanol–water partition coefficient (Wildman–Crippen LogP) is 3.53. The third-order valence-electron chi connectivity index (χ3n) is 4.02. The molecular weight excluding hydrogens is 331 g/mol. The Bertz CT molecular complexity index is 597. The Morgan fingerprint density at radius 2 is 1.73 bits per heavy atom. The van der Waals surface area contributed by atoms with Gasteiger partial charge in [-0.25, -0.2) is 8.78 Å². The van der Waals surface area contributed by atoms with E-state index in [1.807, 2.05) is 36.1 Å². The smallest absolute Gasteiger partial charge is 0.258 e. The van der Waals surface area contributed by atoms with Crippen LogP contribution in [0.4, 0.5) is 8.78 Å². The fourth-order valence-corrected chi connectivity index (χ4v) is 3.11. The van der Waals surface area contributed by atoms with Gasteiger partial charge < -0.3 is 10.3 Å². The molecule has 1 aliphatic heterocycles. The Kier molecular flexibility index (Phi) is 7.06. The molecule has 0 bridgehead atoms. The van der Waals surface area contributed by atoms with Crippen LogP contribution in [-0.4, -0.2) is 42.5 Å². The number of rotatable bonds is 3. The SMILES string of the molecule is Cc1[nH]c2ccccc2c1[C@H](C(F)F)N1CCNCC1.Cl.Cl. The average molecular weight is 352 g/mol. The summed E-state index contributed by atoms with van der Waals surface area (Å²) in [6, 6.07) is 6.86. The van der Waals surface area contributed by atoms with Crippen LogP contribution in [0.2, 0.25) is 0 Å². The predicted molar refractivity (Wildman–Crippen MR) is 90.7 cm³/mol. The maximum absolute atomic E-state index is 13.7. The summed E-state index contributed by atoms with van der Waals surface area (Å²) in [5.41, 5.74) is 2.52. The second kappa shape index (κ2) is 8.11. The molecular formula is C15H21Cl2F2N3. The van der Waals surface area contributed by atoms with Crippen molar-refractivity contribution in [2.45, 2.75) is 19.4 Å². The summed E-state index contributed by atoms with van der Waals surface area (Å²) in [6.07, 6.45) is -2.38. The van der Waals surface area contributed by atoms with Gasteiger partial charge in [-0.2, -0.15) is 0 Å². The Hall–Kier alpha value is -0.880. The molecule has 1 fully saturated rings. The van der Waals surface area contributed by atoms with Crippen LogP contribution in [0.1, 0.15) is 17.3 Å². The summed E-state index contributed by atoms with van der Waals surface area (Å²) in [5, 5.41) is 4.12. The lowest BCUT2D eigenvalue weighted by Crippen LogP contribution is -2.47. The van der Waals surface area contributed by atoms with Crippen LogP contribution in [0.15, 0.2) is 24.3 Å². The minimum Gasteiger partial charge on any atom is -0.358 e. The molecule has 3 rings (SSSR count). The van der Waals surface area contributed by atoms with E-state index in [0.29, 0.717) is 13.1 Å². The maximum atomic E-state index is 13.7. The molecule has 2 N–H and O–H groups in total. The molecule has 2 aromatic rings. The van der Waals surface area contributed by atoms with Gasteiger partial charge >= 0.3 is 0 Å². The summed E-state index contributed by atoms with van der Waals surface area (Å²) in [5.74, 6) is 0. The molecule has 7 heteroatoms. The Morgan fingerprint density at radius 1 is 1.09 bits per heavy atom. The lowest BCUT2D eigenvalue weighted by atomic mass is 10.0. The first kappa shape index (κ1) is 19.2. The van der Waals surface area contributed by atoms with Crippen LogP contribution in [0.25, 0.3) is 10.9 Å². The second-order valence-corrected chi connectivity index (χ2v) is 5.27. The molecule has 0 aliphatic carbocycles. The van der Waals surface area contributed by atoms with Crippen molar-refractivity contribution in [1.82, 2.24) is 15.2 Å². The van der Waals surface area contributed by atoms with Crippen molar-refractivity contribution in [3.63, 3.8) is 0 Å². The highest BCUT2D eigenvalue weighted by Gasteiger charge is 2.33. The number of hydrogen-bond acceptors (Lipinski definition) is 2. The number of H-pyrrole nitrogens is 1. The zero-order chi connectivity index (χ0) is 14.1. The van der Waals surface area contributed by atoms with E-state index in [1.54, 1.807) is 0 Å². The molecule has 1 atom stereocenters. The second-order valence-electron chi connectivity index (χ2n) is 5.27.